The van der Waals surface area contributed by atoms with E-state index in [2.05, 4.69) is 0 Å². The number of benzene rings is 1. The third-order valence-electron chi connectivity index (χ3n) is 1.76. The van der Waals surface area contributed by atoms with Crippen LogP contribution < -0.4 is 5.73 Å². The van der Waals surface area contributed by atoms with Crippen LogP contribution >= 0.6 is 0 Å². The molecule has 13 heavy (non-hydrogen) atoms. The molecule has 0 saturated carbocycles. The lowest BCUT2D eigenvalue weighted by atomic mass is 10.0. The average molecular weight is 182 g/mol. The van der Waals surface area contributed by atoms with Gasteiger partial charge < -0.3 is 5.73 Å². The minimum absolute atomic E-state index is 0.00190. The van der Waals surface area contributed by atoms with E-state index in [4.69, 9.17) is 11.0 Å². The van der Waals surface area contributed by atoms with Crippen LogP contribution in [0.5, 0.6) is 0 Å². The molecular formula is C9H8F2N2. The minimum Gasteiger partial charge on any atom is -0.326 e. The fourth-order valence-corrected chi connectivity index (χ4v) is 1.15. The maximum atomic E-state index is 12.5. The molecule has 1 rings (SSSR count). The lowest BCUT2D eigenvalue weighted by molar-refractivity contribution is 0.150. The second kappa shape index (κ2) is 3.97. The largest absolute Gasteiger partial charge is 0.326 e. The van der Waals surface area contributed by atoms with Crippen LogP contribution in [-0.4, -0.2) is 0 Å². The highest BCUT2D eigenvalue weighted by molar-refractivity contribution is 5.43. The summed E-state index contributed by atoms with van der Waals surface area (Å²) in [4.78, 5) is 0. The predicted molar refractivity (Wildman–Crippen MR) is 44.0 cm³/mol. The van der Waals surface area contributed by atoms with Crippen molar-refractivity contribution in [2.24, 2.45) is 5.73 Å². The molecule has 0 radical (unpaired) electrons. The van der Waals surface area contributed by atoms with E-state index in [1.807, 2.05) is 0 Å². The number of rotatable bonds is 2. The summed E-state index contributed by atoms with van der Waals surface area (Å²) in [5, 5.41) is 8.56. The molecule has 0 atom stereocenters. The summed E-state index contributed by atoms with van der Waals surface area (Å²) in [7, 11) is 0. The molecule has 0 amide bonds. The first-order chi connectivity index (χ1) is 6.20. The molecule has 0 bridgehead atoms. The number of hydrogen-bond acceptors (Lipinski definition) is 2. The highest BCUT2D eigenvalue weighted by atomic mass is 19.3. The molecule has 0 heterocycles. The Morgan fingerprint density at radius 1 is 1.46 bits per heavy atom. The third-order valence-corrected chi connectivity index (χ3v) is 1.76. The van der Waals surface area contributed by atoms with E-state index in [9.17, 15) is 8.78 Å². The Kier molecular flexibility index (Phi) is 2.93. The smallest absolute Gasteiger partial charge is 0.265 e. The van der Waals surface area contributed by atoms with E-state index < -0.39 is 6.43 Å². The van der Waals surface area contributed by atoms with Crippen molar-refractivity contribution in [1.82, 2.24) is 0 Å². The van der Waals surface area contributed by atoms with E-state index in [0.717, 1.165) is 0 Å². The molecule has 0 saturated heterocycles. The van der Waals surface area contributed by atoms with Crippen LogP contribution in [-0.2, 0) is 6.54 Å². The van der Waals surface area contributed by atoms with Crippen molar-refractivity contribution in [2.75, 3.05) is 0 Å². The van der Waals surface area contributed by atoms with E-state index in [-0.39, 0.29) is 17.7 Å². The number of nitrogens with zero attached hydrogens (tertiary/aromatic N) is 1. The van der Waals surface area contributed by atoms with Crippen molar-refractivity contribution in [2.45, 2.75) is 13.0 Å². The zero-order valence-electron chi connectivity index (χ0n) is 6.80. The lowest BCUT2D eigenvalue weighted by Gasteiger charge is -2.07. The Balaban J connectivity index is 3.32. The predicted octanol–water partition coefficient (Wildman–Crippen LogP) is 1.95. The quantitative estimate of drug-likeness (QED) is 0.759. The Labute approximate surface area is 74.6 Å². The summed E-state index contributed by atoms with van der Waals surface area (Å²) in [6.45, 7) is 0.0230. The van der Waals surface area contributed by atoms with Crippen LogP contribution in [0.3, 0.4) is 0 Å². The SMILES string of the molecule is N#Cc1cccc(CN)c1C(F)F. The van der Waals surface area contributed by atoms with Gasteiger partial charge in [0.1, 0.15) is 0 Å². The Bertz CT molecular complexity index is 342. The van der Waals surface area contributed by atoms with Crippen molar-refractivity contribution in [3.63, 3.8) is 0 Å². The van der Waals surface area contributed by atoms with Gasteiger partial charge in [-0.3, -0.25) is 0 Å². The summed E-state index contributed by atoms with van der Waals surface area (Å²) in [5.41, 5.74) is 5.35. The topological polar surface area (TPSA) is 49.8 Å². The van der Waals surface area contributed by atoms with E-state index in [1.165, 1.54) is 12.1 Å². The van der Waals surface area contributed by atoms with Gasteiger partial charge in [-0.05, 0) is 11.6 Å². The van der Waals surface area contributed by atoms with Crippen molar-refractivity contribution in [1.29, 1.82) is 5.26 Å². The van der Waals surface area contributed by atoms with Gasteiger partial charge in [0.25, 0.3) is 6.43 Å². The molecule has 2 nitrogen and oxygen atoms in total. The minimum atomic E-state index is -2.64. The standard InChI is InChI=1S/C9H8F2N2/c10-9(11)8-6(4-12)2-1-3-7(8)5-13/h1-3,9H,4,12H2. The fraction of sp³-hybridized carbons (Fsp3) is 0.222. The molecule has 0 aromatic heterocycles. The van der Waals surface area contributed by atoms with Crippen LogP contribution in [0.25, 0.3) is 0 Å². The molecule has 1 aromatic rings. The Morgan fingerprint density at radius 2 is 2.15 bits per heavy atom. The summed E-state index contributed by atoms with van der Waals surface area (Å²) < 4.78 is 24.9. The number of nitriles is 1. The molecule has 2 N–H and O–H groups in total. The average Bonchev–Trinajstić information content (AvgIpc) is 2.16. The molecule has 4 heteroatoms. The summed E-state index contributed by atoms with van der Waals surface area (Å²) in [6.07, 6.45) is -2.64. The zero-order valence-corrected chi connectivity index (χ0v) is 6.80. The van der Waals surface area contributed by atoms with Gasteiger partial charge in [0, 0.05) is 12.1 Å². The van der Waals surface area contributed by atoms with Crippen molar-refractivity contribution < 1.29 is 8.78 Å². The fourth-order valence-electron chi connectivity index (χ4n) is 1.15. The summed E-state index contributed by atoms with van der Waals surface area (Å²) >= 11 is 0. The van der Waals surface area contributed by atoms with Gasteiger partial charge in [0.15, 0.2) is 0 Å². The maximum absolute atomic E-state index is 12.5. The molecule has 68 valence electrons. The highest BCUT2D eigenvalue weighted by Crippen LogP contribution is 2.25. The number of alkyl halides is 2. The molecular weight excluding hydrogens is 174 g/mol. The second-order valence-electron chi connectivity index (χ2n) is 2.49. The Hall–Kier alpha value is -1.47. The van der Waals surface area contributed by atoms with Crippen molar-refractivity contribution in [3.8, 4) is 6.07 Å². The van der Waals surface area contributed by atoms with E-state index in [1.54, 1.807) is 12.1 Å². The van der Waals surface area contributed by atoms with Gasteiger partial charge >= 0.3 is 0 Å². The van der Waals surface area contributed by atoms with Gasteiger partial charge in [-0.25, -0.2) is 8.78 Å². The van der Waals surface area contributed by atoms with Crippen LogP contribution in [0.15, 0.2) is 18.2 Å². The second-order valence-corrected chi connectivity index (χ2v) is 2.49. The molecule has 0 aliphatic heterocycles. The normalized spacial score (nSPS) is 10.1. The van der Waals surface area contributed by atoms with Gasteiger partial charge in [-0.2, -0.15) is 5.26 Å². The van der Waals surface area contributed by atoms with Crippen LogP contribution in [0.4, 0.5) is 8.78 Å². The van der Waals surface area contributed by atoms with Crippen LogP contribution in [0, 0.1) is 11.3 Å². The van der Waals surface area contributed by atoms with E-state index >= 15 is 0 Å². The van der Waals surface area contributed by atoms with Crippen molar-refractivity contribution >= 4 is 0 Å². The first kappa shape index (κ1) is 9.62. The molecule has 0 aliphatic rings. The molecule has 0 spiro atoms. The summed E-state index contributed by atoms with van der Waals surface area (Å²) in [5.74, 6) is 0. The van der Waals surface area contributed by atoms with Crippen LogP contribution in [0.2, 0.25) is 0 Å². The van der Waals surface area contributed by atoms with Gasteiger partial charge in [0.05, 0.1) is 11.6 Å². The third kappa shape index (κ3) is 1.82. The molecule has 0 aliphatic carbocycles. The summed E-state index contributed by atoms with van der Waals surface area (Å²) in [6, 6.07) is 6.13. The molecule has 0 unspecified atom stereocenters. The lowest BCUT2D eigenvalue weighted by Crippen LogP contribution is -2.03. The van der Waals surface area contributed by atoms with Gasteiger partial charge in [0.2, 0.25) is 0 Å². The first-order valence-electron chi connectivity index (χ1n) is 3.70. The number of halogens is 2. The Morgan fingerprint density at radius 3 is 2.62 bits per heavy atom. The monoisotopic (exact) mass is 182 g/mol. The highest BCUT2D eigenvalue weighted by Gasteiger charge is 2.16. The first-order valence-corrected chi connectivity index (χ1v) is 3.70. The van der Waals surface area contributed by atoms with Crippen LogP contribution in [0.1, 0.15) is 23.1 Å². The van der Waals surface area contributed by atoms with Gasteiger partial charge in [-0.15, -0.1) is 0 Å². The molecule has 0 fully saturated rings. The number of nitrogens with two attached hydrogens (primary N) is 1. The molecule has 1 aromatic carbocycles. The van der Waals surface area contributed by atoms with E-state index in [0.29, 0.717) is 5.56 Å². The van der Waals surface area contributed by atoms with Crippen molar-refractivity contribution in [3.05, 3.63) is 34.9 Å². The maximum Gasteiger partial charge on any atom is 0.265 e. The zero-order chi connectivity index (χ0) is 9.84. The van der Waals surface area contributed by atoms with Gasteiger partial charge in [-0.1, -0.05) is 12.1 Å². The number of hydrogen-bond donors (Lipinski definition) is 1.